The van der Waals surface area contributed by atoms with Crippen molar-refractivity contribution in [3.63, 3.8) is 0 Å². The predicted molar refractivity (Wildman–Crippen MR) is 107 cm³/mol. The zero-order chi connectivity index (χ0) is 18.2. The fourth-order valence-electron chi connectivity index (χ4n) is 7.03. The first-order valence-corrected chi connectivity index (χ1v) is 10.6. The van der Waals surface area contributed by atoms with Crippen molar-refractivity contribution in [1.82, 2.24) is 0 Å². The molecule has 0 unspecified atom stereocenters. The Balaban J connectivity index is 1.42. The summed E-state index contributed by atoms with van der Waals surface area (Å²) in [5.41, 5.74) is 3.33. The molecule has 7 rings (SSSR count). The van der Waals surface area contributed by atoms with Crippen LogP contribution in [0.1, 0.15) is 44.1 Å². The Morgan fingerprint density at radius 2 is 1.78 bits per heavy atom. The molecule has 0 radical (unpaired) electrons. The number of benzene rings is 1. The van der Waals surface area contributed by atoms with Crippen LogP contribution >= 0.6 is 0 Å². The second-order valence-electron chi connectivity index (χ2n) is 9.70. The molecule has 1 aliphatic heterocycles. The van der Waals surface area contributed by atoms with E-state index in [1.165, 1.54) is 24.8 Å². The van der Waals surface area contributed by atoms with E-state index < -0.39 is 0 Å². The second-order valence-corrected chi connectivity index (χ2v) is 9.70. The number of hydrogen-bond acceptors (Lipinski definition) is 2. The molecular weight excluding hydrogens is 334 g/mol. The molecule has 2 aromatic rings. The third-order valence-corrected chi connectivity index (χ3v) is 7.87. The first kappa shape index (κ1) is 15.9. The lowest BCUT2D eigenvalue weighted by atomic mass is 9.49. The molecule has 5 aliphatic rings. The first-order chi connectivity index (χ1) is 13.1. The number of para-hydroxylation sites is 1. The van der Waals surface area contributed by atoms with Crippen LogP contribution < -0.4 is 15.2 Å². The van der Waals surface area contributed by atoms with Crippen LogP contribution in [-0.4, -0.2) is 19.5 Å². The van der Waals surface area contributed by atoms with Crippen molar-refractivity contribution in [1.29, 1.82) is 0 Å². The Kier molecular flexibility index (Phi) is 3.22. The van der Waals surface area contributed by atoms with Crippen LogP contribution in [0, 0.1) is 23.2 Å². The normalized spacial score (nSPS) is 33.5. The molecule has 4 heteroatoms. The number of nitrogens with one attached hydrogen (secondary N) is 2. The van der Waals surface area contributed by atoms with E-state index in [1.807, 2.05) is 0 Å². The van der Waals surface area contributed by atoms with E-state index in [2.05, 4.69) is 46.5 Å². The van der Waals surface area contributed by atoms with Gasteiger partial charge in [0.2, 0.25) is 5.91 Å². The van der Waals surface area contributed by atoms with Crippen molar-refractivity contribution in [2.24, 2.45) is 23.2 Å². The van der Waals surface area contributed by atoms with Crippen LogP contribution in [0.2, 0.25) is 0 Å². The van der Waals surface area contributed by atoms with Gasteiger partial charge in [0.15, 0.2) is 0 Å². The molecule has 4 saturated carbocycles. The molecule has 140 valence electrons. The number of aromatic nitrogens is 1. The van der Waals surface area contributed by atoms with Gasteiger partial charge >= 0.3 is 0 Å². The number of fused-ring (bicyclic) bond motifs is 2. The van der Waals surface area contributed by atoms with Gasteiger partial charge in [-0.05, 0) is 68.4 Å². The van der Waals surface area contributed by atoms with Gasteiger partial charge in [-0.1, -0.05) is 12.1 Å². The molecule has 1 amide bonds. The van der Waals surface area contributed by atoms with Crippen molar-refractivity contribution in [2.45, 2.75) is 44.9 Å². The molecular formula is C23H28N3O+. The third-order valence-electron chi connectivity index (χ3n) is 7.87. The number of aromatic amines is 1. The number of carbonyl (C=O) groups excluding carboxylic acids is 1. The van der Waals surface area contributed by atoms with Gasteiger partial charge in [-0.15, -0.1) is 0 Å². The molecule has 1 aromatic heterocycles. The number of anilines is 2. The molecule has 0 atom stereocenters. The van der Waals surface area contributed by atoms with E-state index in [9.17, 15) is 4.79 Å². The van der Waals surface area contributed by atoms with Gasteiger partial charge in [-0.2, -0.15) is 0 Å². The highest BCUT2D eigenvalue weighted by atomic mass is 16.2. The van der Waals surface area contributed by atoms with Crippen molar-refractivity contribution in [3.8, 4) is 0 Å². The summed E-state index contributed by atoms with van der Waals surface area (Å²) < 4.78 is 0. The predicted octanol–water partition coefficient (Wildman–Crippen LogP) is 3.80. The van der Waals surface area contributed by atoms with E-state index in [1.54, 1.807) is 0 Å². The number of H-pyrrole nitrogens is 1. The minimum atomic E-state index is -0.104. The van der Waals surface area contributed by atoms with Crippen LogP contribution in [0.15, 0.2) is 24.3 Å². The van der Waals surface area contributed by atoms with Gasteiger partial charge < -0.3 is 5.32 Å². The number of carbonyl (C=O) groups is 1. The Morgan fingerprint density at radius 1 is 1.11 bits per heavy atom. The maximum atomic E-state index is 13.7. The molecule has 0 saturated heterocycles. The highest BCUT2D eigenvalue weighted by molar-refractivity contribution is 6.04. The number of likely N-dealkylation sites (N-methyl/N-ethyl adjacent to an activating group) is 1. The lowest BCUT2D eigenvalue weighted by Crippen LogP contribution is -2.51. The van der Waals surface area contributed by atoms with E-state index in [0.29, 0.717) is 5.91 Å². The fraction of sp³-hybridized carbons (Fsp3) is 0.565. The number of rotatable bonds is 2. The van der Waals surface area contributed by atoms with Crippen molar-refractivity contribution < 1.29 is 9.78 Å². The Hall–Kier alpha value is -2.10. The molecule has 1 aromatic carbocycles. The summed E-state index contributed by atoms with van der Waals surface area (Å²) in [6.07, 6.45) is 8.45. The summed E-state index contributed by atoms with van der Waals surface area (Å²) in [6, 6.07) is 8.38. The fourth-order valence-corrected chi connectivity index (χ4v) is 7.03. The van der Waals surface area contributed by atoms with Gasteiger partial charge in [-0.3, -0.25) is 9.69 Å². The Morgan fingerprint density at radius 3 is 2.48 bits per heavy atom. The average molecular weight is 362 g/mol. The smallest absolute Gasteiger partial charge is 0.280 e. The Bertz CT molecular complexity index is 915. The lowest BCUT2D eigenvalue weighted by Gasteiger charge is -2.55. The molecule has 4 aliphatic carbocycles. The number of hydrogen-bond donors (Lipinski definition) is 1. The van der Waals surface area contributed by atoms with Crippen molar-refractivity contribution >= 4 is 28.3 Å². The maximum absolute atomic E-state index is 13.7. The van der Waals surface area contributed by atoms with Gasteiger partial charge in [0.25, 0.3) is 5.82 Å². The molecule has 4 nitrogen and oxygen atoms in total. The zero-order valence-electron chi connectivity index (χ0n) is 16.1. The second kappa shape index (κ2) is 5.46. The van der Waals surface area contributed by atoms with E-state index >= 15 is 0 Å². The molecule has 4 bridgehead atoms. The highest BCUT2D eigenvalue weighted by Crippen LogP contribution is 2.60. The van der Waals surface area contributed by atoms with Crippen LogP contribution in [0.3, 0.4) is 0 Å². The number of nitrogens with zero attached hydrogens (tertiary/aromatic N) is 1. The van der Waals surface area contributed by atoms with Crippen LogP contribution in [0.4, 0.5) is 11.5 Å². The average Bonchev–Trinajstić information content (AvgIpc) is 3.01. The summed E-state index contributed by atoms with van der Waals surface area (Å²) in [5, 5.41) is 4.62. The van der Waals surface area contributed by atoms with Gasteiger partial charge in [0.05, 0.1) is 30.3 Å². The molecule has 2 heterocycles. The van der Waals surface area contributed by atoms with E-state index in [-0.39, 0.29) is 5.41 Å². The Labute approximate surface area is 160 Å². The van der Waals surface area contributed by atoms with E-state index in [0.717, 1.165) is 72.4 Å². The van der Waals surface area contributed by atoms with Crippen LogP contribution in [-0.2, 0) is 11.2 Å². The SMILES string of the molecule is CN1CCc2c1[nH+]c1ccccc1c2NC(=O)C12CC3CC(CC(C3)C1)C2. The standard InChI is InChI=1S/C23H27N3O/c1-26-7-6-18-20(17-4-2-3-5-19(17)24-21(18)26)25-22(27)23-11-14-8-15(12-23)10-16(9-14)13-23/h2-5,14-16H,6-13H2,1H3,(H,24,25,27)/p+1. The quantitative estimate of drug-likeness (QED) is 0.883. The summed E-state index contributed by atoms with van der Waals surface area (Å²) in [7, 11) is 2.13. The van der Waals surface area contributed by atoms with E-state index in [4.69, 9.17) is 0 Å². The van der Waals surface area contributed by atoms with Crippen molar-refractivity contribution in [3.05, 3.63) is 29.8 Å². The highest BCUT2D eigenvalue weighted by Gasteiger charge is 2.54. The summed E-state index contributed by atoms with van der Waals surface area (Å²) in [5.74, 6) is 3.84. The van der Waals surface area contributed by atoms with Crippen molar-refractivity contribution in [2.75, 3.05) is 23.8 Å². The van der Waals surface area contributed by atoms with Gasteiger partial charge in [0, 0.05) is 11.8 Å². The molecule has 2 N–H and O–H groups in total. The van der Waals surface area contributed by atoms with Gasteiger partial charge in [-0.25, -0.2) is 4.98 Å². The number of amides is 1. The monoisotopic (exact) mass is 362 g/mol. The minimum absolute atomic E-state index is 0.104. The summed E-state index contributed by atoms with van der Waals surface area (Å²) >= 11 is 0. The summed E-state index contributed by atoms with van der Waals surface area (Å²) in [6.45, 7) is 1.00. The molecule has 27 heavy (non-hydrogen) atoms. The van der Waals surface area contributed by atoms with Crippen LogP contribution in [0.5, 0.6) is 0 Å². The zero-order valence-corrected chi connectivity index (χ0v) is 16.1. The molecule has 0 spiro atoms. The largest absolute Gasteiger partial charge is 0.324 e. The summed E-state index contributed by atoms with van der Waals surface area (Å²) in [4.78, 5) is 19.5. The maximum Gasteiger partial charge on any atom is 0.280 e. The minimum Gasteiger partial charge on any atom is -0.324 e. The topological polar surface area (TPSA) is 46.5 Å². The number of pyridine rings is 1. The lowest BCUT2D eigenvalue weighted by molar-refractivity contribution is -0.329. The van der Waals surface area contributed by atoms with Gasteiger partial charge in [0.1, 0.15) is 5.52 Å². The first-order valence-electron chi connectivity index (χ1n) is 10.6. The third kappa shape index (κ3) is 2.28. The molecule has 4 fully saturated rings. The van der Waals surface area contributed by atoms with Crippen LogP contribution in [0.25, 0.3) is 10.9 Å².